The van der Waals surface area contributed by atoms with E-state index in [2.05, 4.69) is 32.5 Å². The molecule has 3 aromatic rings. The third-order valence-corrected chi connectivity index (χ3v) is 4.52. The number of rotatable bonds is 7. The number of carbonyl (C=O) groups excluding carboxylic acids is 2. The summed E-state index contributed by atoms with van der Waals surface area (Å²) >= 11 is 1.46. The van der Waals surface area contributed by atoms with E-state index < -0.39 is 0 Å². The van der Waals surface area contributed by atoms with Crippen molar-refractivity contribution in [2.45, 2.75) is 6.42 Å². The molecule has 0 aliphatic carbocycles. The molecule has 0 spiro atoms. The monoisotopic (exact) mass is 393 g/mol. The average molecular weight is 393 g/mol. The topological polar surface area (TPSA) is 96.0 Å². The highest BCUT2D eigenvalue weighted by Crippen LogP contribution is 2.22. The van der Waals surface area contributed by atoms with Crippen LogP contribution in [0, 0.1) is 0 Å². The summed E-state index contributed by atoms with van der Waals surface area (Å²) in [6.45, 7) is 3.92. The standard InChI is InChI=1S/C20H19N5O2S/c1-2-10-22-20(27)25-15-8-6-14(7-9-15)23-18(26)12-16-13-28-19(24-16)17-5-3-4-11-21-17/h2-9,11,13H,1,10,12H2,(H,23,26)(H2,22,25,27). The maximum atomic E-state index is 12.3. The molecule has 2 aromatic heterocycles. The van der Waals surface area contributed by atoms with E-state index in [4.69, 9.17) is 0 Å². The first-order valence-electron chi connectivity index (χ1n) is 8.55. The van der Waals surface area contributed by atoms with Crippen molar-refractivity contribution < 1.29 is 9.59 Å². The van der Waals surface area contributed by atoms with E-state index in [1.165, 1.54) is 11.3 Å². The molecular weight excluding hydrogens is 374 g/mol. The summed E-state index contributed by atoms with van der Waals surface area (Å²) in [6.07, 6.45) is 3.48. The van der Waals surface area contributed by atoms with E-state index in [1.54, 1.807) is 36.5 Å². The fraction of sp³-hybridized carbons (Fsp3) is 0.100. The minimum atomic E-state index is -0.316. The average Bonchev–Trinajstić information content (AvgIpc) is 3.17. The molecule has 2 heterocycles. The van der Waals surface area contributed by atoms with Gasteiger partial charge in [-0.05, 0) is 36.4 Å². The number of urea groups is 1. The molecule has 0 aliphatic heterocycles. The van der Waals surface area contributed by atoms with Gasteiger partial charge in [0.15, 0.2) is 0 Å². The number of nitrogens with one attached hydrogen (secondary N) is 3. The second kappa shape index (κ2) is 9.43. The van der Waals surface area contributed by atoms with Gasteiger partial charge in [-0.1, -0.05) is 12.1 Å². The van der Waals surface area contributed by atoms with E-state index >= 15 is 0 Å². The second-order valence-electron chi connectivity index (χ2n) is 5.78. The Labute approximate surface area is 166 Å². The minimum Gasteiger partial charge on any atom is -0.334 e. The predicted molar refractivity (Wildman–Crippen MR) is 111 cm³/mol. The van der Waals surface area contributed by atoms with Crippen LogP contribution in [0.5, 0.6) is 0 Å². The number of anilines is 2. The normalized spacial score (nSPS) is 10.1. The highest BCUT2D eigenvalue weighted by Gasteiger charge is 2.10. The van der Waals surface area contributed by atoms with Gasteiger partial charge in [-0.2, -0.15) is 0 Å². The first-order valence-corrected chi connectivity index (χ1v) is 9.43. The third-order valence-electron chi connectivity index (χ3n) is 3.61. The zero-order valence-electron chi connectivity index (χ0n) is 15.0. The summed E-state index contributed by atoms with van der Waals surface area (Å²) in [6, 6.07) is 12.2. The van der Waals surface area contributed by atoms with Crippen LogP contribution >= 0.6 is 11.3 Å². The van der Waals surface area contributed by atoms with Gasteiger partial charge in [-0.25, -0.2) is 9.78 Å². The van der Waals surface area contributed by atoms with E-state index in [-0.39, 0.29) is 18.4 Å². The van der Waals surface area contributed by atoms with Crippen LogP contribution in [0.25, 0.3) is 10.7 Å². The SMILES string of the molecule is C=CCNC(=O)Nc1ccc(NC(=O)Cc2csc(-c3ccccn3)n2)cc1. The summed E-state index contributed by atoms with van der Waals surface area (Å²) in [5.41, 5.74) is 2.75. The van der Waals surface area contributed by atoms with Crippen molar-refractivity contribution in [3.63, 3.8) is 0 Å². The molecule has 28 heavy (non-hydrogen) atoms. The van der Waals surface area contributed by atoms with Crippen LogP contribution in [0.2, 0.25) is 0 Å². The van der Waals surface area contributed by atoms with Gasteiger partial charge in [0, 0.05) is 29.5 Å². The van der Waals surface area contributed by atoms with Crippen LogP contribution in [-0.4, -0.2) is 28.5 Å². The van der Waals surface area contributed by atoms with Crippen molar-refractivity contribution >= 4 is 34.6 Å². The Kier molecular flexibility index (Phi) is 6.48. The van der Waals surface area contributed by atoms with Crippen LogP contribution in [0.15, 0.2) is 66.7 Å². The van der Waals surface area contributed by atoms with Crippen LogP contribution < -0.4 is 16.0 Å². The van der Waals surface area contributed by atoms with Gasteiger partial charge >= 0.3 is 6.03 Å². The molecular formula is C20H19N5O2S. The molecule has 7 nitrogen and oxygen atoms in total. The molecule has 3 amide bonds. The smallest absolute Gasteiger partial charge is 0.319 e. The Morgan fingerprint density at radius 1 is 1.07 bits per heavy atom. The Morgan fingerprint density at radius 2 is 1.82 bits per heavy atom. The van der Waals surface area contributed by atoms with Gasteiger partial charge < -0.3 is 16.0 Å². The number of thiazole rings is 1. The number of pyridine rings is 1. The van der Waals surface area contributed by atoms with Gasteiger partial charge in [0.05, 0.1) is 17.8 Å². The number of hydrogen-bond donors (Lipinski definition) is 3. The van der Waals surface area contributed by atoms with Gasteiger partial charge in [0.1, 0.15) is 5.01 Å². The Bertz CT molecular complexity index is 954. The van der Waals surface area contributed by atoms with Crippen molar-refractivity contribution in [2.75, 3.05) is 17.2 Å². The lowest BCUT2D eigenvalue weighted by Gasteiger charge is -2.08. The number of carbonyl (C=O) groups is 2. The Hall–Kier alpha value is -3.52. The number of amides is 3. The molecule has 0 bridgehead atoms. The highest BCUT2D eigenvalue weighted by atomic mass is 32.1. The Balaban J connectivity index is 1.53. The molecule has 3 N–H and O–H groups in total. The van der Waals surface area contributed by atoms with Crippen molar-refractivity contribution in [3.8, 4) is 10.7 Å². The van der Waals surface area contributed by atoms with Crippen LogP contribution in [0.3, 0.4) is 0 Å². The molecule has 1 aromatic carbocycles. The van der Waals surface area contributed by atoms with Crippen LogP contribution in [-0.2, 0) is 11.2 Å². The predicted octanol–water partition coefficient (Wildman–Crippen LogP) is 3.69. The fourth-order valence-electron chi connectivity index (χ4n) is 2.34. The molecule has 142 valence electrons. The Morgan fingerprint density at radius 3 is 2.50 bits per heavy atom. The first-order chi connectivity index (χ1) is 13.6. The lowest BCUT2D eigenvalue weighted by atomic mass is 10.2. The molecule has 0 unspecified atom stereocenters. The molecule has 3 rings (SSSR count). The van der Waals surface area contributed by atoms with Crippen molar-refractivity contribution in [1.29, 1.82) is 0 Å². The zero-order valence-corrected chi connectivity index (χ0v) is 15.8. The lowest BCUT2D eigenvalue weighted by Crippen LogP contribution is -2.28. The van der Waals surface area contributed by atoms with Gasteiger partial charge in [0.2, 0.25) is 5.91 Å². The van der Waals surface area contributed by atoms with E-state index in [0.29, 0.717) is 23.6 Å². The maximum Gasteiger partial charge on any atom is 0.319 e. The maximum absolute atomic E-state index is 12.3. The summed E-state index contributed by atoms with van der Waals surface area (Å²) in [7, 11) is 0. The fourth-order valence-corrected chi connectivity index (χ4v) is 3.14. The molecule has 0 saturated heterocycles. The van der Waals surface area contributed by atoms with Gasteiger partial charge in [0.25, 0.3) is 0 Å². The first kappa shape index (κ1) is 19.2. The van der Waals surface area contributed by atoms with Crippen molar-refractivity contribution in [1.82, 2.24) is 15.3 Å². The molecule has 8 heteroatoms. The molecule has 0 aliphatic rings. The number of benzene rings is 1. The van der Waals surface area contributed by atoms with Crippen LogP contribution in [0.1, 0.15) is 5.69 Å². The summed E-state index contributed by atoms with van der Waals surface area (Å²) in [4.78, 5) is 32.6. The summed E-state index contributed by atoms with van der Waals surface area (Å²) < 4.78 is 0. The lowest BCUT2D eigenvalue weighted by molar-refractivity contribution is -0.115. The minimum absolute atomic E-state index is 0.165. The summed E-state index contributed by atoms with van der Waals surface area (Å²) in [5, 5.41) is 10.8. The largest absolute Gasteiger partial charge is 0.334 e. The summed E-state index contributed by atoms with van der Waals surface area (Å²) in [5.74, 6) is -0.165. The zero-order chi connectivity index (χ0) is 19.8. The molecule has 0 saturated carbocycles. The van der Waals surface area contributed by atoms with E-state index in [9.17, 15) is 9.59 Å². The third kappa shape index (κ3) is 5.49. The second-order valence-corrected chi connectivity index (χ2v) is 6.64. The molecule has 0 fully saturated rings. The van der Waals surface area contributed by atoms with Gasteiger partial charge in [-0.15, -0.1) is 17.9 Å². The van der Waals surface area contributed by atoms with Gasteiger partial charge in [-0.3, -0.25) is 9.78 Å². The molecule has 0 radical (unpaired) electrons. The van der Waals surface area contributed by atoms with Crippen molar-refractivity contribution in [3.05, 3.63) is 72.4 Å². The number of aromatic nitrogens is 2. The van der Waals surface area contributed by atoms with Crippen molar-refractivity contribution in [2.24, 2.45) is 0 Å². The van der Waals surface area contributed by atoms with E-state index in [1.807, 2.05) is 23.6 Å². The number of nitrogens with zero attached hydrogens (tertiary/aromatic N) is 2. The van der Waals surface area contributed by atoms with E-state index in [0.717, 1.165) is 10.7 Å². The number of hydrogen-bond acceptors (Lipinski definition) is 5. The molecule has 0 atom stereocenters. The van der Waals surface area contributed by atoms with Crippen LogP contribution in [0.4, 0.5) is 16.2 Å². The quantitative estimate of drug-likeness (QED) is 0.533. The highest BCUT2D eigenvalue weighted by molar-refractivity contribution is 7.13.